The van der Waals surface area contributed by atoms with Crippen LogP contribution in [0.15, 0.2) is 60.8 Å². The number of halogens is 1. The van der Waals surface area contributed by atoms with Gasteiger partial charge in [0.2, 0.25) is 5.88 Å². The molecule has 0 aliphatic carbocycles. The lowest BCUT2D eigenvalue weighted by Gasteiger charge is -2.12. The number of methoxy groups -OCH3 is 1. The zero-order valence-corrected chi connectivity index (χ0v) is 13.6. The second-order valence-corrected chi connectivity index (χ2v) is 5.35. The van der Waals surface area contributed by atoms with Crippen molar-refractivity contribution in [2.24, 2.45) is 0 Å². The lowest BCUT2D eigenvalue weighted by molar-refractivity contribution is 0.112. The van der Waals surface area contributed by atoms with Crippen LogP contribution in [0, 0.1) is 5.82 Å². The van der Waals surface area contributed by atoms with E-state index < -0.39 is 5.82 Å². The molecule has 3 rings (SSSR count). The highest BCUT2D eigenvalue weighted by atomic mass is 19.1. The molecule has 4 nitrogen and oxygen atoms in total. The number of aromatic nitrogens is 1. The first-order valence-electron chi connectivity index (χ1n) is 7.67. The number of benzene rings is 2. The number of hydrogen-bond acceptors (Lipinski definition) is 4. The average Bonchev–Trinajstić information content (AvgIpc) is 2.67. The van der Waals surface area contributed by atoms with Crippen LogP contribution < -0.4 is 9.47 Å². The molecule has 0 aliphatic rings. The standard InChI is InChI=1S/C20H16FNO3/c1-24-20-10-18(19(21)11-22-20)17-9-16(8-7-15(17)12-23)25-13-14-5-3-2-4-6-14/h2-12H,13H2,1H3. The van der Waals surface area contributed by atoms with Gasteiger partial charge < -0.3 is 9.47 Å². The van der Waals surface area contributed by atoms with E-state index in [2.05, 4.69) is 4.98 Å². The minimum Gasteiger partial charge on any atom is -0.489 e. The molecule has 0 atom stereocenters. The summed E-state index contributed by atoms with van der Waals surface area (Å²) in [7, 11) is 1.45. The minimum atomic E-state index is -0.538. The molecule has 0 radical (unpaired) electrons. The first-order chi connectivity index (χ1) is 12.2. The highest BCUT2D eigenvalue weighted by Gasteiger charge is 2.13. The summed E-state index contributed by atoms with van der Waals surface area (Å²) < 4.78 is 25.0. The number of carbonyl (C=O) groups excluding carboxylic acids is 1. The fraction of sp³-hybridized carbons (Fsp3) is 0.100. The molecule has 0 saturated heterocycles. The number of ether oxygens (including phenoxy) is 2. The number of aldehydes is 1. The molecule has 0 amide bonds. The second-order valence-electron chi connectivity index (χ2n) is 5.35. The number of hydrogen-bond donors (Lipinski definition) is 0. The quantitative estimate of drug-likeness (QED) is 0.630. The van der Waals surface area contributed by atoms with Crippen molar-refractivity contribution in [2.45, 2.75) is 6.61 Å². The number of nitrogens with zero attached hydrogens (tertiary/aromatic N) is 1. The van der Waals surface area contributed by atoms with Gasteiger partial charge in [0.25, 0.3) is 0 Å². The summed E-state index contributed by atoms with van der Waals surface area (Å²) in [6.45, 7) is 0.378. The predicted octanol–water partition coefficient (Wildman–Crippen LogP) is 4.29. The van der Waals surface area contributed by atoms with Gasteiger partial charge in [-0.1, -0.05) is 30.3 Å². The van der Waals surface area contributed by atoms with E-state index in [9.17, 15) is 9.18 Å². The molecule has 1 aromatic heterocycles. The van der Waals surface area contributed by atoms with Crippen LogP contribution in [0.3, 0.4) is 0 Å². The van der Waals surface area contributed by atoms with Crippen molar-refractivity contribution in [1.29, 1.82) is 0 Å². The largest absolute Gasteiger partial charge is 0.489 e. The van der Waals surface area contributed by atoms with Crippen LogP contribution in [-0.2, 0) is 6.61 Å². The Labute approximate surface area is 144 Å². The van der Waals surface area contributed by atoms with Gasteiger partial charge in [0.05, 0.1) is 13.3 Å². The Balaban J connectivity index is 1.94. The molecular weight excluding hydrogens is 321 g/mol. The summed E-state index contributed by atoms with van der Waals surface area (Å²) in [4.78, 5) is 15.2. The highest BCUT2D eigenvalue weighted by molar-refractivity contribution is 5.88. The van der Waals surface area contributed by atoms with Crippen LogP contribution in [0.1, 0.15) is 15.9 Å². The number of carbonyl (C=O) groups is 1. The van der Waals surface area contributed by atoms with Gasteiger partial charge in [-0.3, -0.25) is 4.79 Å². The van der Waals surface area contributed by atoms with E-state index in [1.165, 1.54) is 13.2 Å². The summed E-state index contributed by atoms with van der Waals surface area (Å²) in [5, 5.41) is 0. The fourth-order valence-electron chi connectivity index (χ4n) is 2.44. The van der Waals surface area contributed by atoms with Crippen molar-refractivity contribution in [1.82, 2.24) is 4.98 Å². The lowest BCUT2D eigenvalue weighted by atomic mass is 10.0. The smallest absolute Gasteiger partial charge is 0.213 e. The van der Waals surface area contributed by atoms with E-state index in [1.807, 2.05) is 30.3 Å². The minimum absolute atomic E-state index is 0.235. The second kappa shape index (κ2) is 7.57. The van der Waals surface area contributed by atoms with Crippen LogP contribution in [0.25, 0.3) is 11.1 Å². The first kappa shape index (κ1) is 16.6. The van der Waals surface area contributed by atoms with Gasteiger partial charge in [0, 0.05) is 17.2 Å². The molecule has 0 fully saturated rings. The molecule has 1 heterocycles. The van der Waals surface area contributed by atoms with Gasteiger partial charge >= 0.3 is 0 Å². The molecule has 0 saturated carbocycles. The SMILES string of the molecule is COc1cc(-c2cc(OCc3ccccc3)ccc2C=O)c(F)cn1. The summed E-state index contributed by atoms with van der Waals surface area (Å²) in [6.07, 6.45) is 1.75. The molecule has 0 unspecified atom stereocenters. The van der Waals surface area contributed by atoms with Gasteiger partial charge in [-0.15, -0.1) is 0 Å². The Morgan fingerprint density at radius 1 is 1.08 bits per heavy atom. The van der Waals surface area contributed by atoms with Gasteiger partial charge in [-0.05, 0) is 29.3 Å². The maximum atomic E-state index is 14.2. The molecule has 0 N–H and O–H groups in total. The number of rotatable bonds is 6. The van der Waals surface area contributed by atoms with Crippen LogP contribution in [0.2, 0.25) is 0 Å². The van der Waals surface area contributed by atoms with Crippen molar-refractivity contribution in [3.05, 3.63) is 77.7 Å². The average molecular weight is 337 g/mol. The fourth-order valence-corrected chi connectivity index (χ4v) is 2.44. The Kier molecular flexibility index (Phi) is 5.04. The lowest BCUT2D eigenvalue weighted by Crippen LogP contribution is -1.98. The summed E-state index contributed by atoms with van der Waals surface area (Å²) >= 11 is 0. The van der Waals surface area contributed by atoms with Crippen LogP contribution in [-0.4, -0.2) is 18.4 Å². The molecule has 2 aromatic carbocycles. The highest BCUT2D eigenvalue weighted by Crippen LogP contribution is 2.31. The summed E-state index contributed by atoms with van der Waals surface area (Å²) in [6, 6.07) is 16.1. The maximum Gasteiger partial charge on any atom is 0.213 e. The van der Waals surface area contributed by atoms with Crippen molar-refractivity contribution >= 4 is 6.29 Å². The van der Waals surface area contributed by atoms with Crippen LogP contribution in [0.5, 0.6) is 11.6 Å². The number of pyridine rings is 1. The van der Waals surface area contributed by atoms with E-state index in [1.54, 1.807) is 18.2 Å². The van der Waals surface area contributed by atoms with Gasteiger partial charge in [-0.2, -0.15) is 0 Å². The van der Waals surface area contributed by atoms with Crippen molar-refractivity contribution in [2.75, 3.05) is 7.11 Å². The maximum absolute atomic E-state index is 14.2. The Hall–Kier alpha value is -3.21. The molecule has 5 heteroatoms. The van der Waals surface area contributed by atoms with Crippen LogP contribution >= 0.6 is 0 Å². The molecule has 0 spiro atoms. The Bertz CT molecular complexity index is 881. The summed E-state index contributed by atoms with van der Waals surface area (Å²) in [5.41, 5.74) is 2.04. The predicted molar refractivity (Wildman–Crippen MR) is 92.3 cm³/mol. The van der Waals surface area contributed by atoms with Gasteiger partial charge in [0.15, 0.2) is 6.29 Å². The van der Waals surface area contributed by atoms with Crippen molar-refractivity contribution in [3.63, 3.8) is 0 Å². The molecule has 25 heavy (non-hydrogen) atoms. The summed E-state index contributed by atoms with van der Waals surface area (Å²) in [5.74, 6) is 0.271. The van der Waals surface area contributed by atoms with Crippen molar-refractivity contribution in [3.8, 4) is 22.8 Å². The third kappa shape index (κ3) is 3.83. The third-order valence-corrected chi connectivity index (χ3v) is 3.73. The van der Waals surface area contributed by atoms with Crippen LogP contribution in [0.4, 0.5) is 4.39 Å². The Morgan fingerprint density at radius 3 is 2.60 bits per heavy atom. The molecule has 0 bridgehead atoms. The Morgan fingerprint density at radius 2 is 1.88 bits per heavy atom. The first-order valence-corrected chi connectivity index (χ1v) is 7.67. The van der Waals surface area contributed by atoms with E-state index in [4.69, 9.17) is 9.47 Å². The van der Waals surface area contributed by atoms with Gasteiger partial charge in [0.1, 0.15) is 18.2 Å². The molecule has 0 aliphatic heterocycles. The third-order valence-electron chi connectivity index (χ3n) is 3.73. The zero-order chi connectivity index (χ0) is 17.6. The van der Waals surface area contributed by atoms with E-state index in [0.717, 1.165) is 11.8 Å². The van der Waals surface area contributed by atoms with Gasteiger partial charge in [-0.25, -0.2) is 9.37 Å². The molecular formula is C20H16FNO3. The van der Waals surface area contributed by atoms with E-state index in [0.29, 0.717) is 29.8 Å². The monoisotopic (exact) mass is 337 g/mol. The normalized spacial score (nSPS) is 10.3. The van der Waals surface area contributed by atoms with E-state index in [-0.39, 0.29) is 11.4 Å². The van der Waals surface area contributed by atoms with Crippen molar-refractivity contribution < 1.29 is 18.7 Å². The molecule has 3 aromatic rings. The molecule has 126 valence electrons. The topological polar surface area (TPSA) is 48.4 Å². The van der Waals surface area contributed by atoms with E-state index >= 15 is 0 Å². The zero-order valence-electron chi connectivity index (χ0n) is 13.6.